The van der Waals surface area contributed by atoms with Crippen LogP contribution >= 0.6 is 0 Å². The normalized spacial score (nSPS) is 17.3. The van der Waals surface area contributed by atoms with Gasteiger partial charge in [-0.05, 0) is 42.0 Å². The van der Waals surface area contributed by atoms with Gasteiger partial charge >= 0.3 is 11.9 Å². The summed E-state index contributed by atoms with van der Waals surface area (Å²) in [6, 6.07) is 17.2. The molecular formula is C27H20O8. The third-order valence-corrected chi connectivity index (χ3v) is 5.84. The summed E-state index contributed by atoms with van der Waals surface area (Å²) in [7, 11) is 1.57. The smallest absolute Gasteiger partial charge is 0.341 e. The number of aliphatic carboxylic acids is 1. The first-order chi connectivity index (χ1) is 16.9. The lowest BCUT2D eigenvalue weighted by Crippen LogP contribution is -2.22. The molecule has 0 saturated heterocycles. The van der Waals surface area contributed by atoms with E-state index in [4.69, 9.17) is 24.1 Å². The van der Waals surface area contributed by atoms with Crippen LogP contribution < -0.4 is 18.9 Å². The molecule has 1 atom stereocenters. The molecule has 0 amide bonds. The molecule has 0 aromatic heterocycles. The minimum absolute atomic E-state index is 0.0218. The molecule has 3 aromatic rings. The van der Waals surface area contributed by atoms with Crippen molar-refractivity contribution in [3.63, 3.8) is 0 Å². The fourth-order valence-corrected chi connectivity index (χ4v) is 4.26. The van der Waals surface area contributed by atoms with E-state index < -0.39 is 24.5 Å². The zero-order chi connectivity index (χ0) is 24.5. The van der Waals surface area contributed by atoms with Gasteiger partial charge in [-0.3, -0.25) is 9.59 Å². The Morgan fingerprint density at radius 2 is 1.83 bits per heavy atom. The van der Waals surface area contributed by atoms with Gasteiger partial charge in [0.2, 0.25) is 5.78 Å². The molecule has 2 aliphatic rings. The summed E-state index contributed by atoms with van der Waals surface area (Å²) in [4.78, 5) is 36.6. The summed E-state index contributed by atoms with van der Waals surface area (Å²) in [5.74, 6) is -0.642. The molecule has 0 saturated carbocycles. The first-order valence-electron chi connectivity index (χ1n) is 10.8. The molecular weight excluding hydrogens is 452 g/mol. The molecule has 0 fully saturated rings. The van der Waals surface area contributed by atoms with Gasteiger partial charge in [-0.25, -0.2) is 4.79 Å². The fraction of sp³-hybridized carbons (Fsp3) is 0.148. The van der Waals surface area contributed by atoms with E-state index in [1.807, 2.05) is 12.1 Å². The van der Waals surface area contributed by atoms with Crippen molar-refractivity contribution in [3.8, 4) is 23.0 Å². The molecule has 2 aliphatic heterocycles. The van der Waals surface area contributed by atoms with E-state index in [1.165, 1.54) is 0 Å². The minimum Gasteiger partial charge on any atom is -0.497 e. The van der Waals surface area contributed by atoms with Crippen LogP contribution in [0.2, 0.25) is 0 Å². The number of carboxylic acid groups (broad SMARTS) is 1. The van der Waals surface area contributed by atoms with Crippen LogP contribution in [0.5, 0.6) is 23.0 Å². The Balaban J connectivity index is 1.57. The number of carbonyl (C=O) groups excluding carboxylic acids is 2. The number of esters is 1. The SMILES string of the molecule is COc1ccc(/C=C2\Oc3c(ccc4c3C(c3ccccc3OCC(=O)O)CC(=O)O4)C2=O)cc1. The van der Waals surface area contributed by atoms with Gasteiger partial charge < -0.3 is 24.1 Å². The molecule has 1 N–H and O–H groups in total. The highest BCUT2D eigenvalue weighted by Gasteiger charge is 2.39. The predicted molar refractivity (Wildman–Crippen MR) is 124 cm³/mol. The molecule has 5 rings (SSSR count). The third kappa shape index (κ3) is 4.21. The highest BCUT2D eigenvalue weighted by Crippen LogP contribution is 2.50. The van der Waals surface area contributed by atoms with Gasteiger partial charge in [0.15, 0.2) is 12.4 Å². The molecule has 0 bridgehead atoms. The molecule has 1 unspecified atom stereocenters. The van der Waals surface area contributed by atoms with Crippen molar-refractivity contribution in [1.29, 1.82) is 0 Å². The molecule has 0 radical (unpaired) electrons. The zero-order valence-corrected chi connectivity index (χ0v) is 18.6. The maximum atomic E-state index is 13.1. The van der Waals surface area contributed by atoms with Crippen molar-refractivity contribution < 1.29 is 38.4 Å². The zero-order valence-electron chi connectivity index (χ0n) is 18.6. The number of rotatable bonds is 6. The van der Waals surface area contributed by atoms with E-state index in [0.29, 0.717) is 33.9 Å². The van der Waals surface area contributed by atoms with Crippen LogP contribution in [0, 0.1) is 0 Å². The average Bonchev–Trinajstić information content (AvgIpc) is 3.17. The van der Waals surface area contributed by atoms with Gasteiger partial charge in [0, 0.05) is 17.0 Å². The van der Waals surface area contributed by atoms with Crippen LogP contribution in [-0.2, 0) is 9.59 Å². The lowest BCUT2D eigenvalue weighted by Gasteiger charge is -2.27. The number of ketones is 1. The monoisotopic (exact) mass is 472 g/mol. The van der Waals surface area contributed by atoms with Gasteiger partial charge in [-0.1, -0.05) is 30.3 Å². The summed E-state index contributed by atoms with van der Waals surface area (Å²) in [6.45, 7) is -0.530. The van der Waals surface area contributed by atoms with Crippen LogP contribution in [0.4, 0.5) is 0 Å². The standard InChI is InChI=1S/C27H20O8/c1-32-16-8-6-15(7-9-16)12-22-26(31)18-10-11-21-25(27(18)35-22)19(13-24(30)34-21)17-4-2-3-5-20(17)33-14-23(28)29/h2-12,19H,13-14H2,1H3,(H,28,29)/b22-12-. The van der Waals surface area contributed by atoms with Crippen LogP contribution in [0.25, 0.3) is 6.08 Å². The van der Waals surface area contributed by atoms with Crippen LogP contribution in [0.3, 0.4) is 0 Å². The van der Waals surface area contributed by atoms with E-state index >= 15 is 0 Å². The predicted octanol–water partition coefficient (Wildman–Crippen LogP) is 4.22. The quantitative estimate of drug-likeness (QED) is 0.323. The summed E-state index contributed by atoms with van der Waals surface area (Å²) < 4.78 is 22.2. The molecule has 35 heavy (non-hydrogen) atoms. The van der Waals surface area contributed by atoms with Crippen molar-refractivity contribution in [2.45, 2.75) is 12.3 Å². The molecule has 8 heteroatoms. The summed E-state index contributed by atoms with van der Waals surface area (Å²) >= 11 is 0. The minimum atomic E-state index is -1.12. The highest BCUT2D eigenvalue weighted by atomic mass is 16.5. The fourth-order valence-electron chi connectivity index (χ4n) is 4.26. The maximum absolute atomic E-state index is 13.1. The van der Waals surface area contributed by atoms with Gasteiger partial charge in [0.1, 0.15) is 23.0 Å². The Morgan fingerprint density at radius 3 is 2.57 bits per heavy atom. The number of ether oxygens (including phenoxy) is 4. The Morgan fingerprint density at radius 1 is 1.06 bits per heavy atom. The molecule has 0 spiro atoms. The lowest BCUT2D eigenvalue weighted by atomic mass is 9.84. The Hall–Kier alpha value is -4.59. The van der Waals surface area contributed by atoms with E-state index in [2.05, 4.69) is 0 Å². The number of hydrogen-bond donors (Lipinski definition) is 1. The number of methoxy groups -OCH3 is 1. The summed E-state index contributed by atoms with van der Waals surface area (Å²) in [5.41, 5.74) is 2.25. The van der Waals surface area contributed by atoms with Gasteiger partial charge in [-0.2, -0.15) is 0 Å². The van der Waals surface area contributed by atoms with Crippen LogP contribution in [0.1, 0.15) is 39.4 Å². The van der Waals surface area contributed by atoms with Crippen molar-refractivity contribution >= 4 is 23.8 Å². The summed E-state index contributed by atoms with van der Waals surface area (Å²) in [6.07, 6.45) is 1.62. The number of allylic oxidation sites excluding steroid dienone is 1. The van der Waals surface area contributed by atoms with Gasteiger partial charge in [0.25, 0.3) is 0 Å². The Labute approximate surface area is 200 Å². The molecule has 8 nitrogen and oxygen atoms in total. The maximum Gasteiger partial charge on any atom is 0.341 e. The largest absolute Gasteiger partial charge is 0.497 e. The topological polar surface area (TPSA) is 108 Å². The molecule has 176 valence electrons. The molecule has 2 heterocycles. The van der Waals surface area contributed by atoms with Crippen LogP contribution in [-0.4, -0.2) is 36.5 Å². The van der Waals surface area contributed by atoms with E-state index in [0.717, 1.165) is 5.56 Å². The van der Waals surface area contributed by atoms with Crippen molar-refractivity contribution in [1.82, 2.24) is 0 Å². The Kier molecular flexibility index (Phi) is 5.70. The second-order valence-electron chi connectivity index (χ2n) is 8.02. The number of hydrogen-bond acceptors (Lipinski definition) is 7. The Bertz CT molecular complexity index is 1370. The van der Waals surface area contributed by atoms with Gasteiger partial charge in [0.05, 0.1) is 19.1 Å². The number of fused-ring (bicyclic) bond motifs is 3. The van der Waals surface area contributed by atoms with Crippen molar-refractivity contribution in [3.05, 3.63) is 88.7 Å². The lowest BCUT2D eigenvalue weighted by molar-refractivity contribution is -0.139. The molecule has 3 aromatic carbocycles. The second kappa shape index (κ2) is 8.98. The number of carbonyl (C=O) groups is 3. The van der Waals surface area contributed by atoms with E-state index in [1.54, 1.807) is 61.7 Å². The number of benzene rings is 3. The van der Waals surface area contributed by atoms with E-state index in [-0.39, 0.29) is 23.7 Å². The summed E-state index contributed by atoms with van der Waals surface area (Å²) in [5, 5.41) is 9.04. The first kappa shape index (κ1) is 22.2. The number of carboxylic acids is 1. The average molecular weight is 472 g/mol. The van der Waals surface area contributed by atoms with Crippen molar-refractivity contribution in [2.75, 3.05) is 13.7 Å². The highest BCUT2D eigenvalue weighted by molar-refractivity contribution is 6.15. The van der Waals surface area contributed by atoms with Crippen molar-refractivity contribution in [2.24, 2.45) is 0 Å². The van der Waals surface area contributed by atoms with Gasteiger partial charge in [-0.15, -0.1) is 0 Å². The second-order valence-corrected chi connectivity index (χ2v) is 8.02. The third-order valence-electron chi connectivity index (χ3n) is 5.84. The number of para-hydroxylation sites is 1. The van der Waals surface area contributed by atoms with Crippen LogP contribution in [0.15, 0.2) is 66.4 Å². The first-order valence-corrected chi connectivity index (χ1v) is 10.8. The number of Topliss-reactive ketones (excluding diaryl/α,β-unsaturated/α-hetero) is 1. The molecule has 0 aliphatic carbocycles. The van der Waals surface area contributed by atoms with E-state index in [9.17, 15) is 14.4 Å².